The molecule has 0 aliphatic carbocycles. The Balaban J connectivity index is 1.72. The van der Waals surface area contributed by atoms with Crippen molar-refractivity contribution < 1.29 is 4.79 Å². The fourth-order valence-corrected chi connectivity index (χ4v) is 4.40. The highest BCUT2D eigenvalue weighted by Gasteiger charge is 2.19. The SMILES string of the molecule is CCCn1c(=O)c2[nH]c(-c3ccc(N(CC)C(=O)c4ccc(I)nc4)nc3)cc2n(CCC)c1=O. The molecule has 4 aromatic rings. The number of pyridine rings is 2. The predicted octanol–water partition coefficient (Wildman–Crippen LogP) is 4.04. The molecule has 0 spiro atoms. The molecule has 0 atom stereocenters. The maximum absolute atomic E-state index is 13.0. The molecule has 35 heavy (non-hydrogen) atoms. The van der Waals surface area contributed by atoms with Crippen molar-refractivity contribution >= 4 is 45.3 Å². The Kier molecular flexibility index (Phi) is 7.48. The lowest BCUT2D eigenvalue weighted by molar-refractivity contribution is 0.0987. The number of hydrogen-bond donors (Lipinski definition) is 1. The molecule has 0 saturated heterocycles. The van der Waals surface area contributed by atoms with Gasteiger partial charge in [-0.15, -0.1) is 0 Å². The normalized spacial score (nSPS) is 11.2. The molecule has 0 unspecified atom stereocenters. The monoisotopic (exact) mass is 586 g/mol. The molecule has 0 fully saturated rings. The zero-order valence-electron chi connectivity index (χ0n) is 19.9. The van der Waals surface area contributed by atoms with Crippen LogP contribution in [0.5, 0.6) is 0 Å². The van der Waals surface area contributed by atoms with Crippen molar-refractivity contribution in [2.45, 2.75) is 46.7 Å². The van der Waals surface area contributed by atoms with Crippen molar-refractivity contribution in [2.24, 2.45) is 0 Å². The number of carbonyl (C=O) groups excluding carboxylic acids is 1. The number of amides is 1. The third kappa shape index (κ3) is 4.79. The van der Waals surface area contributed by atoms with E-state index in [0.29, 0.717) is 54.2 Å². The Morgan fingerprint density at radius 3 is 2.34 bits per heavy atom. The van der Waals surface area contributed by atoms with E-state index < -0.39 is 0 Å². The number of anilines is 1. The summed E-state index contributed by atoms with van der Waals surface area (Å²) >= 11 is 2.10. The lowest BCUT2D eigenvalue weighted by Gasteiger charge is -2.20. The van der Waals surface area contributed by atoms with Crippen LogP contribution in [0.1, 0.15) is 44.0 Å². The average Bonchev–Trinajstić information content (AvgIpc) is 3.31. The van der Waals surface area contributed by atoms with Crippen LogP contribution in [0.15, 0.2) is 52.3 Å². The van der Waals surface area contributed by atoms with Gasteiger partial charge in [0.1, 0.15) is 15.0 Å². The average molecular weight is 586 g/mol. The van der Waals surface area contributed by atoms with Crippen molar-refractivity contribution in [3.05, 3.63) is 72.8 Å². The van der Waals surface area contributed by atoms with Gasteiger partial charge in [-0.25, -0.2) is 14.8 Å². The Bertz CT molecular complexity index is 1470. The van der Waals surface area contributed by atoms with Gasteiger partial charge in [0.2, 0.25) is 0 Å². The van der Waals surface area contributed by atoms with E-state index >= 15 is 0 Å². The van der Waals surface area contributed by atoms with Crippen LogP contribution in [-0.4, -0.2) is 36.5 Å². The minimum Gasteiger partial charge on any atom is -0.349 e. The standard InChI is InChI=1S/C25H27IN6O3/c1-4-11-31-19-13-18(29-22(19)24(34)32(12-5-2)25(31)35)16-8-10-21(28-14-16)30(6-3)23(33)17-7-9-20(26)27-15-17/h7-10,13-15,29H,4-6,11-12H2,1-3H3. The van der Waals surface area contributed by atoms with E-state index in [1.807, 2.05) is 32.9 Å². The summed E-state index contributed by atoms with van der Waals surface area (Å²) in [5, 5.41) is 0. The molecule has 4 heterocycles. The topological polar surface area (TPSA) is 106 Å². The van der Waals surface area contributed by atoms with E-state index in [-0.39, 0.29) is 17.2 Å². The molecule has 182 valence electrons. The van der Waals surface area contributed by atoms with E-state index in [9.17, 15) is 14.4 Å². The van der Waals surface area contributed by atoms with E-state index in [2.05, 4.69) is 37.5 Å². The van der Waals surface area contributed by atoms with Crippen molar-refractivity contribution in [3.63, 3.8) is 0 Å². The number of halogens is 1. The highest BCUT2D eigenvalue weighted by molar-refractivity contribution is 14.1. The molecule has 0 saturated carbocycles. The first-order chi connectivity index (χ1) is 16.9. The first-order valence-electron chi connectivity index (χ1n) is 11.7. The van der Waals surface area contributed by atoms with E-state index in [0.717, 1.165) is 15.7 Å². The fourth-order valence-electron chi connectivity index (χ4n) is 4.08. The van der Waals surface area contributed by atoms with Gasteiger partial charge >= 0.3 is 5.69 Å². The predicted molar refractivity (Wildman–Crippen MR) is 145 cm³/mol. The summed E-state index contributed by atoms with van der Waals surface area (Å²) < 4.78 is 3.76. The second kappa shape index (κ2) is 10.5. The number of rotatable bonds is 8. The summed E-state index contributed by atoms with van der Waals surface area (Å²) in [6.07, 6.45) is 4.69. The molecule has 0 aliphatic heterocycles. The largest absolute Gasteiger partial charge is 0.349 e. The van der Waals surface area contributed by atoms with Crippen molar-refractivity contribution in [3.8, 4) is 11.3 Å². The number of nitrogens with one attached hydrogen (secondary N) is 1. The van der Waals surface area contributed by atoms with Gasteiger partial charge in [-0.05, 0) is 72.7 Å². The van der Waals surface area contributed by atoms with E-state index in [1.54, 1.807) is 40.1 Å². The van der Waals surface area contributed by atoms with E-state index in [1.165, 1.54) is 4.57 Å². The first-order valence-corrected chi connectivity index (χ1v) is 12.7. The molecule has 4 aromatic heterocycles. The van der Waals surface area contributed by atoms with Gasteiger partial charge in [0.25, 0.3) is 11.5 Å². The van der Waals surface area contributed by atoms with Gasteiger partial charge in [0, 0.05) is 43.3 Å². The van der Waals surface area contributed by atoms with Crippen molar-refractivity contribution in [1.29, 1.82) is 0 Å². The van der Waals surface area contributed by atoms with Crippen LogP contribution < -0.4 is 16.1 Å². The minimum absolute atomic E-state index is 0.178. The van der Waals surface area contributed by atoms with E-state index in [4.69, 9.17) is 0 Å². The third-order valence-electron chi connectivity index (χ3n) is 5.77. The van der Waals surface area contributed by atoms with Gasteiger partial charge < -0.3 is 4.98 Å². The molecule has 4 rings (SSSR count). The van der Waals surface area contributed by atoms with Crippen LogP contribution in [0, 0.1) is 3.70 Å². The highest BCUT2D eigenvalue weighted by atomic mass is 127. The maximum Gasteiger partial charge on any atom is 0.331 e. The quantitative estimate of drug-likeness (QED) is 0.248. The second-order valence-electron chi connectivity index (χ2n) is 8.16. The summed E-state index contributed by atoms with van der Waals surface area (Å²) in [5.41, 5.74) is 2.32. The van der Waals surface area contributed by atoms with Crippen LogP contribution >= 0.6 is 22.6 Å². The molecule has 9 nitrogen and oxygen atoms in total. The lowest BCUT2D eigenvalue weighted by atomic mass is 10.2. The van der Waals surface area contributed by atoms with Gasteiger partial charge in [-0.3, -0.25) is 23.6 Å². The molecule has 0 aromatic carbocycles. The fraction of sp³-hybridized carbons (Fsp3) is 0.320. The molecule has 0 bridgehead atoms. The lowest BCUT2D eigenvalue weighted by Crippen LogP contribution is -2.39. The zero-order chi connectivity index (χ0) is 25.1. The number of H-pyrrole nitrogens is 1. The number of hydrogen-bond acceptors (Lipinski definition) is 5. The van der Waals surface area contributed by atoms with Crippen LogP contribution in [0.4, 0.5) is 5.82 Å². The van der Waals surface area contributed by atoms with Gasteiger partial charge in [0.15, 0.2) is 0 Å². The summed E-state index contributed by atoms with van der Waals surface area (Å²) in [4.78, 5) is 52.4. The minimum atomic E-state index is -0.316. The Labute approximate surface area is 216 Å². The van der Waals surface area contributed by atoms with Crippen LogP contribution in [0.3, 0.4) is 0 Å². The molecular weight excluding hydrogens is 559 g/mol. The molecule has 1 amide bonds. The molecule has 1 N–H and O–H groups in total. The smallest absolute Gasteiger partial charge is 0.331 e. The number of nitrogens with zero attached hydrogens (tertiary/aromatic N) is 5. The van der Waals surface area contributed by atoms with Crippen LogP contribution in [0.2, 0.25) is 0 Å². The number of fused-ring (bicyclic) bond motifs is 1. The Morgan fingerprint density at radius 1 is 1.00 bits per heavy atom. The number of aromatic nitrogens is 5. The van der Waals surface area contributed by atoms with Crippen molar-refractivity contribution in [2.75, 3.05) is 11.4 Å². The Hall–Kier alpha value is -3.28. The summed E-state index contributed by atoms with van der Waals surface area (Å²) in [6.45, 7) is 7.17. The van der Waals surface area contributed by atoms with Crippen LogP contribution in [-0.2, 0) is 13.1 Å². The second-order valence-corrected chi connectivity index (χ2v) is 9.26. The maximum atomic E-state index is 13.0. The van der Waals surface area contributed by atoms with Gasteiger partial charge in [0.05, 0.1) is 11.1 Å². The molecular formula is C25H27IN6O3. The summed E-state index contributed by atoms with van der Waals surface area (Å²) in [6, 6.07) is 8.99. The first kappa shape index (κ1) is 24.8. The van der Waals surface area contributed by atoms with Crippen LogP contribution in [0.25, 0.3) is 22.3 Å². The number of carbonyl (C=O) groups is 1. The molecule has 0 radical (unpaired) electrons. The van der Waals surface area contributed by atoms with Gasteiger partial charge in [-0.2, -0.15) is 0 Å². The Morgan fingerprint density at radius 2 is 1.74 bits per heavy atom. The summed E-state index contributed by atoms with van der Waals surface area (Å²) in [5.74, 6) is 0.339. The molecule has 0 aliphatic rings. The third-order valence-corrected chi connectivity index (χ3v) is 6.41. The highest BCUT2D eigenvalue weighted by Crippen LogP contribution is 2.24. The summed E-state index contributed by atoms with van der Waals surface area (Å²) in [7, 11) is 0. The number of aryl methyl sites for hydroxylation is 1. The van der Waals surface area contributed by atoms with Gasteiger partial charge in [-0.1, -0.05) is 13.8 Å². The van der Waals surface area contributed by atoms with Crippen molar-refractivity contribution in [1.82, 2.24) is 24.1 Å². The number of aromatic amines is 1. The molecule has 10 heteroatoms. The zero-order valence-corrected chi connectivity index (χ0v) is 22.1.